The topological polar surface area (TPSA) is 102 Å². The smallest absolute Gasteiger partial charge is 0.256 e. The Labute approximate surface area is 192 Å². The predicted octanol–water partition coefficient (Wildman–Crippen LogP) is 3.49. The Balaban J connectivity index is 1.85. The molecule has 0 unspecified atom stereocenters. The summed E-state index contributed by atoms with van der Waals surface area (Å²) in [6.45, 7) is 6.38. The Kier molecular flexibility index (Phi) is 7.31. The number of nitrogens with zero attached hydrogens (tertiary/aromatic N) is 2. The van der Waals surface area contributed by atoms with Gasteiger partial charge in [0.05, 0.1) is 22.9 Å². The summed E-state index contributed by atoms with van der Waals surface area (Å²) >= 11 is 0. The summed E-state index contributed by atoms with van der Waals surface area (Å²) in [5.41, 5.74) is 1.32. The number of aromatic nitrogens is 2. The molecular formula is C23H27FN4O4S. The lowest BCUT2D eigenvalue weighted by Gasteiger charge is -2.14. The van der Waals surface area contributed by atoms with E-state index in [2.05, 4.69) is 15.1 Å². The highest BCUT2D eigenvalue weighted by Crippen LogP contribution is 2.27. The molecule has 1 aromatic heterocycles. The average molecular weight is 475 g/mol. The maximum absolute atomic E-state index is 13.4. The lowest BCUT2D eigenvalue weighted by molar-refractivity contribution is 0.102. The van der Waals surface area contributed by atoms with E-state index in [-0.39, 0.29) is 34.8 Å². The second-order valence-corrected chi connectivity index (χ2v) is 10.2. The van der Waals surface area contributed by atoms with Gasteiger partial charge in [0.2, 0.25) is 10.0 Å². The summed E-state index contributed by atoms with van der Waals surface area (Å²) in [5, 5.41) is 7.41. The zero-order chi connectivity index (χ0) is 24.2. The van der Waals surface area contributed by atoms with Crippen LogP contribution < -0.4 is 10.0 Å². The molecule has 1 amide bonds. The second kappa shape index (κ2) is 9.82. The van der Waals surface area contributed by atoms with Crippen LogP contribution in [0.15, 0.2) is 59.5 Å². The van der Waals surface area contributed by atoms with Crippen molar-refractivity contribution in [3.8, 4) is 5.69 Å². The van der Waals surface area contributed by atoms with Gasteiger partial charge in [0, 0.05) is 30.7 Å². The van der Waals surface area contributed by atoms with E-state index in [1.165, 1.54) is 48.2 Å². The lowest BCUT2D eigenvalue weighted by atomic mass is 9.92. The minimum absolute atomic E-state index is 0.0431. The molecule has 0 aliphatic rings. The molecule has 0 saturated heterocycles. The standard InChI is InChI=1S/C23H27FN4O4S/c1-23(2,3)20-15-21(28(27-20)18-9-7-17(24)8-10-18)26-22(29)16-5-11-19(12-6-16)33(30,31)25-13-14-32-4/h5-12,15,25H,13-14H2,1-4H3,(H,26,29). The van der Waals surface area contributed by atoms with Crippen LogP contribution in [0, 0.1) is 5.82 Å². The first-order chi connectivity index (χ1) is 15.5. The van der Waals surface area contributed by atoms with E-state index < -0.39 is 15.9 Å². The molecule has 3 aromatic rings. The number of halogens is 1. The predicted molar refractivity (Wildman–Crippen MR) is 124 cm³/mol. The van der Waals surface area contributed by atoms with Gasteiger partial charge in [-0.3, -0.25) is 4.79 Å². The molecule has 0 aliphatic carbocycles. The number of hydrogen-bond donors (Lipinski definition) is 2. The Morgan fingerprint density at radius 3 is 2.30 bits per heavy atom. The van der Waals surface area contributed by atoms with Gasteiger partial charge in [0.15, 0.2) is 0 Å². The number of carbonyl (C=O) groups is 1. The average Bonchev–Trinajstić information content (AvgIpc) is 3.19. The lowest BCUT2D eigenvalue weighted by Crippen LogP contribution is -2.27. The first-order valence-electron chi connectivity index (χ1n) is 10.3. The number of amides is 1. The van der Waals surface area contributed by atoms with E-state index in [1.54, 1.807) is 18.2 Å². The monoisotopic (exact) mass is 474 g/mol. The summed E-state index contributed by atoms with van der Waals surface area (Å²) in [5.74, 6) is -0.399. The third-order valence-electron chi connectivity index (χ3n) is 4.82. The van der Waals surface area contributed by atoms with Crippen LogP contribution in [0.1, 0.15) is 36.8 Å². The van der Waals surface area contributed by atoms with Crippen molar-refractivity contribution in [1.82, 2.24) is 14.5 Å². The molecule has 1 heterocycles. The van der Waals surface area contributed by atoms with Gasteiger partial charge in [-0.15, -0.1) is 0 Å². The Morgan fingerprint density at radius 1 is 1.09 bits per heavy atom. The van der Waals surface area contributed by atoms with Crippen LogP contribution in [-0.4, -0.2) is 44.4 Å². The number of methoxy groups -OCH3 is 1. The normalized spacial score (nSPS) is 12.0. The summed E-state index contributed by atoms with van der Waals surface area (Å²) in [7, 11) is -2.22. The first kappa shape index (κ1) is 24.6. The van der Waals surface area contributed by atoms with Gasteiger partial charge in [-0.2, -0.15) is 5.10 Å². The first-order valence-corrected chi connectivity index (χ1v) is 11.8. The van der Waals surface area contributed by atoms with Gasteiger partial charge in [-0.1, -0.05) is 20.8 Å². The van der Waals surface area contributed by atoms with E-state index in [0.717, 1.165) is 5.69 Å². The fraction of sp³-hybridized carbons (Fsp3) is 0.304. The molecule has 0 bridgehead atoms. The van der Waals surface area contributed by atoms with Crippen LogP contribution >= 0.6 is 0 Å². The van der Waals surface area contributed by atoms with Crippen molar-refractivity contribution >= 4 is 21.7 Å². The number of sulfonamides is 1. The minimum atomic E-state index is -3.70. The van der Waals surface area contributed by atoms with Crippen molar-refractivity contribution in [2.75, 3.05) is 25.6 Å². The van der Waals surface area contributed by atoms with Crippen molar-refractivity contribution in [1.29, 1.82) is 0 Å². The molecule has 0 saturated carbocycles. The third-order valence-corrected chi connectivity index (χ3v) is 6.29. The Bertz CT molecular complexity index is 1210. The molecular weight excluding hydrogens is 447 g/mol. The van der Waals surface area contributed by atoms with E-state index in [1.807, 2.05) is 20.8 Å². The molecule has 0 atom stereocenters. The van der Waals surface area contributed by atoms with Crippen LogP contribution in [0.5, 0.6) is 0 Å². The molecule has 0 radical (unpaired) electrons. The van der Waals surface area contributed by atoms with Crippen LogP contribution in [0.4, 0.5) is 10.2 Å². The van der Waals surface area contributed by atoms with Crippen molar-refractivity contribution in [3.05, 3.63) is 71.7 Å². The second-order valence-electron chi connectivity index (χ2n) is 8.42. The van der Waals surface area contributed by atoms with Gasteiger partial charge in [-0.05, 0) is 48.5 Å². The molecule has 0 spiro atoms. The van der Waals surface area contributed by atoms with Gasteiger partial charge in [0.1, 0.15) is 11.6 Å². The quantitative estimate of drug-likeness (QED) is 0.487. The molecule has 0 aliphatic heterocycles. The summed E-state index contributed by atoms with van der Waals surface area (Å²) in [6, 6.07) is 13.1. The zero-order valence-electron chi connectivity index (χ0n) is 18.9. The Hall–Kier alpha value is -3.08. The van der Waals surface area contributed by atoms with Crippen LogP contribution in [0.2, 0.25) is 0 Å². The number of ether oxygens (including phenoxy) is 1. The number of benzene rings is 2. The van der Waals surface area contributed by atoms with Crippen molar-refractivity contribution in [3.63, 3.8) is 0 Å². The third kappa shape index (κ3) is 6.04. The number of rotatable bonds is 8. The number of nitrogens with one attached hydrogen (secondary N) is 2. The van der Waals surface area contributed by atoms with E-state index >= 15 is 0 Å². The Morgan fingerprint density at radius 2 is 1.73 bits per heavy atom. The SMILES string of the molecule is COCCNS(=O)(=O)c1ccc(C(=O)Nc2cc(C(C)(C)C)nn2-c2ccc(F)cc2)cc1. The number of carbonyl (C=O) groups excluding carboxylic acids is 1. The highest BCUT2D eigenvalue weighted by Gasteiger charge is 2.22. The van der Waals surface area contributed by atoms with Gasteiger partial charge in [-0.25, -0.2) is 22.2 Å². The zero-order valence-corrected chi connectivity index (χ0v) is 19.7. The van der Waals surface area contributed by atoms with E-state index in [0.29, 0.717) is 11.5 Å². The summed E-state index contributed by atoms with van der Waals surface area (Å²) in [6.07, 6.45) is 0. The van der Waals surface area contributed by atoms with Crippen LogP contribution in [-0.2, 0) is 20.2 Å². The summed E-state index contributed by atoms with van der Waals surface area (Å²) < 4.78 is 46.8. The number of hydrogen-bond acceptors (Lipinski definition) is 5. The molecule has 10 heteroatoms. The molecule has 176 valence electrons. The van der Waals surface area contributed by atoms with Crippen LogP contribution in [0.3, 0.4) is 0 Å². The van der Waals surface area contributed by atoms with Crippen molar-refractivity contribution in [2.45, 2.75) is 31.1 Å². The van der Waals surface area contributed by atoms with Gasteiger partial charge < -0.3 is 10.1 Å². The molecule has 2 aromatic carbocycles. The van der Waals surface area contributed by atoms with E-state index in [9.17, 15) is 17.6 Å². The molecule has 33 heavy (non-hydrogen) atoms. The largest absolute Gasteiger partial charge is 0.383 e. The van der Waals surface area contributed by atoms with Gasteiger partial charge in [0.25, 0.3) is 5.91 Å². The highest BCUT2D eigenvalue weighted by molar-refractivity contribution is 7.89. The summed E-state index contributed by atoms with van der Waals surface area (Å²) in [4.78, 5) is 12.9. The van der Waals surface area contributed by atoms with E-state index in [4.69, 9.17) is 4.74 Å². The molecule has 2 N–H and O–H groups in total. The molecule has 8 nitrogen and oxygen atoms in total. The number of anilines is 1. The fourth-order valence-corrected chi connectivity index (χ4v) is 3.96. The van der Waals surface area contributed by atoms with Gasteiger partial charge >= 0.3 is 0 Å². The van der Waals surface area contributed by atoms with Crippen LogP contribution in [0.25, 0.3) is 5.69 Å². The fourth-order valence-electron chi connectivity index (χ4n) is 2.95. The highest BCUT2D eigenvalue weighted by atomic mass is 32.2. The molecule has 0 fully saturated rings. The molecule has 3 rings (SSSR count). The minimum Gasteiger partial charge on any atom is -0.383 e. The maximum atomic E-state index is 13.4. The maximum Gasteiger partial charge on any atom is 0.256 e. The van der Waals surface area contributed by atoms with Crippen molar-refractivity contribution < 1.29 is 22.3 Å². The van der Waals surface area contributed by atoms with Crippen molar-refractivity contribution in [2.24, 2.45) is 0 Å².